The number of amides is 1. The Kier molecular flexibility index (Phi) is 9.21. The molecule has 0 bridgehead atoms. The Bertz CT molecular complexity index is 497. The van der Waals surface area contributed by atoms with Crippen molar-refractivity contribution in [2.75, 3.05) is 32.7 Å². The van der Waals surface area contributed by atoms with Crippen LogP contribution in [0.25, 0.3) is 0 Å². The van der Waals surface area contributed by atoms with Crippen molar-refractivity contribution < 1.29 is 4.79 Å². The van der Waals surface area contributed by atoms with Gasteiger partial charge in [0.1, 0.15) is 5.54 Å². The minimum Gasteiger partial charge on any atom is -0.351 e. The summed E-state index contributed by atoms with van der Waals surface area (Å²) < 4.78 is 1.87. The average molecular weight is 392 g/mol. The van der Waals surface area contributed by atoms with Crippen molar-refractivity contribution in [2.45, 2.75) is 50.6 Å². The molecule has 6 nitrogen and oxygen atoms in total. The van der Waals surface area contributed by atoms with E-state index in [2.05, 4.69) is 27.6 Å². The number of likely N-dealkylation sites (tertiary alicyclic amines) is 1. The largest absolute Gasteiger partial charge is 0.351 e. The van der Waals surface area contributed by atoms with Gasteiger partial charge in [0.2, 0.25) is 5.91 Å². The number of aromatic nitrogens is 2. The van der Waals surface area contributed by atoms with Gasteiger partial charge in [0.25, 0.3) is 0 Å². The van der Waals surface area contributed by atoms with Gasteiger partial charge in [0, 0.05) is 31.5 Å². The van der Waals surface area contributed by atoms with E-state index < -0.39 is 5.54 Å². The second-order valence-corrected chi connectivity index (χ2v) is 6.82. The third-order valence-corrected chi connectivity index (χ3v) is 5.26. The van der Waals surface area contributed by atoms with Gasteiger partial charge in [-0.25, -0.2) is 0 Å². The second-order valence-electron chi connectivity index (χ2n) is 6.82. The van der Waals surface area contributed by atoms with Gasteiger partial charge < -0.3 is 15.5 Å². The van der Waals surface area contributed by atoms with E-state index in [-0.39, 0.29) is 30.7 Å². The number of carbonyl (C=O) groups excluding carboxylic acids is 1. The van der Waals surface area contributed by atoms with Crippen LogP contribution >= 0.6 is 24.8 Å². The summed E-state index contributed by atoms with van der Waals surface area (Å²) in [5, 5.41) is 11.1. The van der Waals surface area contributed by atoms with Crippen molar-refractivity contribution in [3.63, 3.8) is 0 Å². The molecule has 0 spiro atoms. The lowest BCUT2D eigenvalue weighted by atomic mass is 9.86. The highest BCUT2D eigenvalue weighted by atomic mass is 35.5. The zero-order valence-corrected chi connectivity index (χ0v) is 16.6. The lowest BCUT2D eigenvalue weighted by Gasteiger charge is -2.39. The van der Waals surface area contributed by atoms with E-state index in [0.29, 0.717) is 6.04 Å². The lowest BCUT2D eigenvalue weighted by Crippen LogP contribution is -2.57. The monoisotopic (exact) mass is 391 g/mol. The number of carbonyl (C=O) groups is 1. The summed E-state index contributed by atoms with van der Waals surface area (Å²) >= 11 is 0. The Morgan fingerprint density at radius 1 is 1.28 bits per heavy atom. The topological polar surface area (TPSA) is 62.2 Å². The van der Waals surface area contributed by atoms with Gasteiger partial charge in [-0.15, -0.1) is 24.8 Å². The molecule has 0 saturated carbocycles. The maximum atomic E-state index is 13.1. The van der Waals surface area contributed by atoms with Crippen molar-refractivity contribution in [1.82, 2.24) is 25.3 Å². The number of rotatable bonds is 5. The SMILES string of the molecule is CCCN1CCC(NC(=O)C2(n3cccn3)CCNCC2)CC1.Cl.Cl. The molecular formula is C17H31Cl2N5O. The molecule has 1 aromatic rings. The van der Waals surface area contributed by atoms with E-state index >= 15 is 0 Å². The van der Waals surface area contributed by atoms with Gasteiger partial charge in [0.15, 0.2) is 0 Å². The standard InChI is InChI=1S/C17H29N5O.2ClH/c1-2-11-21-13-4-15(5-14-21)20-16(23)17(6-9-18-10-7-17)22-12-3-8-19-22;;/h3,8,12,15,18H,2,4-7,9-11,13-14H2,1H3,(H,20,23);2*1H. The van der Waals surface area contributed by atoms with Gasteiger partial charge >= 0.3 is 0 Å². The number of hydrogen-bond acceptors (Lipinski definition) is 4. The Morgan fingerprint density at radius 2 is 1.96 bits per heavy atom. The average Bonchev–Trinajstić information content (AvgIpc) is 3.12. The molecule has 3 rings (SSSR count). The third kappa shape index (κ3) is 5.09. The summed E-state index contributed by atoms with van der Waals surface area (Å²) in [5.74, 6) is 0.150. The maximum absolute atomic E-state index is 13.1. The van der Waals surface area contributed by atoms with Crippen molar-refractivity contribution in [1.29, 1.82) is 0 Å². The van der Waals surface area contributed by atoms with Gasteiger partial charge in [-0.05, 0) is 57.8 Å². The van der Waals surface area contributed by atoms with E-state index in [1.807, 2.05) is 16.9 Å². The molecule has 25 heavy (non-hydrogen) atoms. The normalized spacial score (nSPS) is 21.0. The molecule has 2 saturated heterocycles. The fraction of sp³-hybridized carbons (Fsp3) is 0.765. The van der Waals surface area contributed by atoms with Crippen LogP contribution in [0.4, 0.5) is 0 Å². The van der Waals surface area contributed by atoms with Crippen LogP contribution in [0.15, 0.2) is 18.5 Å². The number of hydrogen-bond donors (Lipinski definition) is 2. The molecule has 0 aliphatic carbocycles. The van der Waals surface area contributed by atoms with Crippen LogP contribution in [0, 0.1) is 0 Å². The quantitative estimate of drug-likeness (QED) is 0.802. The van der Waals surface area contributed by atoms with E-state index in [0.717, 1.165) is 51.9 Å². The molecule has 1 amide bonds. The molecule has 2 aliphatic rings. The third-order valence-electron chi connectivity index (χ3n) is 5.26. The Labute approximate surface area is 162 Å². The number of nitrogens with zero attached hydrogens (tertiary/aromatic N) is 3. The maximum Gasteiger partial charge on any atom is 0.248 e. The van der Waals surface area contributed by atoms with Crippen molar-refractivity contribution in [2.24, 2.45) is 0 Å². The fourth-order valence-corrected chi connectivity index (χ4v) is 3.86. The second kappa shape index (κ2) is 10.4. The Hall–Kier alpha value is -0.820. The van der Waals surface area contributed by atoms with Crippen LogP contribution in [0.3, 0.4) is 0 Å². The predicted octanol–water partition coefficient (Wildman–Crippen LogP) is 1.80. The highest BCUT2D eigenvalue weighted by Gasteiger charge is 2.42. The molecule has 144 valence electrons. The Morgan fingerprint density at radius 3 is 2.52 bits per heavy atom. The molecule has 1 aromatic heterocycles. The molecule has 0 unspecified atom stereocenters. The zero-order valence-electron chi connectivity index (χ0n) is 14.9. The van der Waals surface area contributed by atoms with E-state index in [4.69, 9.17) is 0 Å². The summed E-state index contributed by atoms with van der Waals surface area (Å²) in [4.78, 5) is 15.6. The predicted molar refractivity (Wildman–Crippen MR) is 105 cm³/mol. The molecule has 0 atom stereocenters. The first-order valence-corrected chi connectivity index (χ1v) is 8.99. The summed E-state index contributed by atoms with van der Waals surface area (Å²) in [5.41, 5.74) is -0.519. The van der Waals surface area contributed by atoms with Crippen LogP contribution < -0.4 is 10.6 Å². The first kappa shape index (κ1) is 22.2. The first-order chi connectivity index (χ1) is 11.2. The molecule has 8 heteroatoms. The van der Waals surface area contributed by atoms with Gasteiger partial charge in [0.05, 0.1) is 0 Å². The first-order valence-electron chi connectivity index (χ1n) is 8.99. The lowest BCUT2D eigenvalue weighted by molar-refractivity contribution is -0.133. The summed E-state index contributed by atoms with van der Waals surface area (Å²) in [7, 11) is 0. The Balaban J connectivity index is 0.00000156. The minimum atomic E-state index is -0.519. The molecular weight excluding hydrogens is 361 g/mol. The minimum absolute atomic E-state index is 0. The molecule has 0 aromatic carbocycles. The fourth-order valence-electron chi connectivity index (χ4n) is 3.86. The molecule has 2 fully saturated rings. The summed E-state index contributed by atoms with van der Waals surface area (Å²) in [6.45, 7) is 7.30. The molecule has 0 radical (unpaired) electrons. The van der Waals surface area contributed by atoms with E-state index in [1.165, 1.54) is 13.0 Å². The van der Waals surface area contributed by atoms with Gasteiger partial charge in [-0.2, -0.15) is 5.10 Å². The summed E-state index contributed by atoms with van der Waals surface area (Å²) in [6, 6.07) is 2.21. The van der Waals surface area contributed by atoms with E-state index in [1.54, 1.807) is 6.20 Å². The van der Waals surface area contributed by atoms with Crippen LogP contribution in [-0.2, 0) is 10.3 Å². The molecule has 3 heterocycles. The van der Waals surface area contributed by atoms with Crippen LogP contribution in [-0.4, -0.2) is 59.4 Å². The van der Waals surface area contributed by atoms with Crippen LogP contribution in [0.1, 0.15) is 39.0 Å². The number of halogens is 2. The number of nitrogens with one attached hydrogen (secondary N) is 2. The van der Waals surface area contributed by atoms with Crippen LogP contribution in [0.5, 0.6) is 0 Å². The van der Waals surface area contributed by atoms with Gasteiger partial charge in [-0.3, -0.25) is 9.48 Å². The molecule has 2 N–H and O–H groups in total. The smallest absolute Gasteiger partial charge is 0.248 e. The zero-order chi connectivity index (χ0) is 16.1. The van der Waals surface area contributed by atoms with Crippen molar-refractivity contribution in [3.8, 4) is 0 Å². The molecule has 2 aliphatic heterocycles. The van der Waals surface area contributed by atoms with Gasteiger partial charge in [-0.1, -0.05) is 6.92 Å². The van der Waals surface area contributed by atoms with Crippen molar-refractivity contribution in [3.05, 3.63) is 18.5 Å². The van der Waals surface area contributed by atoms with Crippen LogP contribution in [0.2, 0.25) is 0 Å². The highest BCUT2D eigenvalue weighted by Crippen LogP contribution is 2.28. The summed E-state index contributed by atoms with van der Waals surface area (Å²) in [6.07, 6.45) is 8.60. The number of piperidine rings is 2. The van der Waals surface area contributed by atoms with E-state index in [9.17, 15) is 4.79 Å². The highest BCUT2D eigenvalue weighted by molar-refractivity contribution is 5.86. The van der Waals surface area contributed by atoms with Crippen molar-refractivity contribution >= 4 is 30.7 Å².